The molecule has 28 heavy (non-hydrogen) atoms. The number of hydrogen-bond acceptors (Lipinski definition) is 5. The molecule has 150 valence electrons. The van der Waals surface area contributed by atoms with Gasteiger partial charge in [-0.3, -0.25) is 4.79 Å². The van der Waals surface area contributed by atoms with E-state index in [1.165, 1.54) is 12.1 Å². The maximum atomic E-state index is 12.1. The van der Waals surface area contributed by atoms with Crippen molar-refractivity contribution in [1.29, 1.82) is 0 Å². The van der Waals surface area contributed by atoms with Crippen LogP contribution in [0.3, 0.4) is 0 Å². The third-order valence-electron chi connectivity index (χ3n) is 3.84. The van der Waals surface area contributed by atoms with Crippen LogP contribution in [-0.4, -0.2) is 45.7 Å². The minimum atomic E-state index is -2.86. The quantitative estimate of drug-likeness (QED) is 0.665. The van der Waals surface area contributed by atoms with Crippen molar-refractivity contribution in [3.05, 3.63) is 59.7 Å². The molecule has 0 unspecified atom stereocenters. The molecule has 0 fully saturated rings. The molecule has 0 atom stereocenters. The smallest absolute Gasteiger partial charge is 0.387 e. The van der Waals surface area contributed by atoms with Crippen LogP contribution in [0.25, 0.3) is 0 Å². The van der Waals surface area contributed by atoms with E-state index in [0.29, 0.717) is 18.5 Å². The molecule has 1 amide bonds. The van der Waals surface area contributed by atoms with E-state index in [0.717, 1.165) is 11.3 Å². The lowest BCUT2D eigenvalue weighted by atomic mass is 10.1. The molecule has 2 aromatic rings. The van der Waals surface area contributed by atoms with E-state index < -0.39 is 18.5 Å². The highest BCUT2D eigenvalue weighted by Gasteiger charge is 2.10. The third-order valence-corrected chi connectivity index (χ3v) is 3.84. The van der Waals surface area contributed by atoms with Crippen molar-refractivity contribution in [2.75, 3.05) is 32.1 Å². The first-order valence-corrected chi connectivity index (χ1v) is 8.60. The molecule has 8 heteroatoms. The van der Waals surface area contributed by atoms with Gasteiger partial charge >= 0.3 is 12.6 Å². The molecule has 0 aromatic heterocycles. The monoisotopic (exact) mass is 392 g/mol. The fourth-order valence-electron chi connectivity index (χ4n) is 2.34. The van der Waals surface area contributed by atoms with E-state index in [4.69, 9.17) is 4.74 Å². The lowest BCUT2D eigenvalue weighted by Crippen LogP contribution is -2.30. The number of alkyl halides is 2. The van der Waals surface area contributed by atoms with Crippen LogP contribution in [0.1, 0.15) is 15.9 Å². The summed E-state index contributed by atoms with van der Waals surface area (Å²) in [7, 11) is 3.78. The van der Waals surface area contributed by atoms with Crippen LogP contribution in [0, 0.1) is 0 Å². The number of benzene rings is 2. The molecule has 2 rings (SSSR count). The standard InChI is InChI=1S/C20H22F2N2O4/c1-24(2)16-7-5-15(6-8-16)19(26)27-13-18(25)23-12-11-14-3-9-17(10-4-14)28-20(21)22/h3-10,20H,11-13H2,1-2H3,(H,23,25). The van der Waals surface area contributed by atoms with Gasteiger partial charge in [0.05, 0.1) is 5.56 Å². The van der Waals surface area contributed by atoms with Crippen molar-refractivity contribution >= 4 is 17.6 Å². The molecule has 0 spiro atoms. The van der Waals surface area contributed by atoms with Crippen LogP contribution in [0.4, 0.5) is 14.5 Å². The highest BCUT2D eigenvalue weighted by molar-refractivity contribution is 5.91. The predicted molar refractivity (Wildman–Crippen MR) is 101 cm³/mol. The number of anilines is 1. The van der Waals surface area contributed by atoms with Crippen LogP contribution in [0.15, 0.2) is 48.5 Å². The molecular formula is C20H22F2N2O4. The number of carbonyl (C=O) groups excluding carboxylic acids is 2. The van der Waals surface area contributed by atoms with Gasteiger partial charge in [-0.25, -0.2) is 4.79 Å². The zero-order chi connectivity index (χ0) is 20.5. The summed E-state index contributed by atoms with van der Waals surface area (Å²) in [6.07, 6.45) is 0.501. The molecule has 0 saturated heterocycles. The molecule has 0 saturated carbocycles. The minimum Gasteiger partial charge on any atom is -0.452 e. The summed E-state index contributed by atoms with van der Waals surface area (Å²) in [5, 5.41) is 2.63. The van der Waals surface area contributed by atoms with Crippen molar-refractivity contribution in [3.8, 4) is 5.75 Å². The molecule has 6 nitrogen and oxygen atoms in total. The van der Waals surface area contributed by atoms with Crippen molar-refractivity contribution in [2.45, 2.75) is 13.0 Å². The fraction of sp³-hybridized carbons (Fsp3) is 0.300. The molecule has 0 aliphatic carbocycles. The van der Waals surface area contributed by atoms with Gasteiger partial charge in [0.1, 0.15) is 5.75 Å². The van der Waals surface area contributed by atoms with Crippen LogP contribution in [-0.2, 0) is 16.0 Å². The zero-order valence-electron chi connectivity index (χ0n) is 15.7. The molecule has 0 radical (unpaired) electrons. The summed E-state index contributed by atoms with van der Waals surface area (Å²) in [5.41, 5.74) is 2.16. The zero-order valence-corrected chi connectivity index (χ0v) is 15.7. The number of nitrogens with one attached hydrogen (secondary N) is 1. The third kappa shape index (κ3) is 6.86. The van der Waals surface area contributed by atoms with Gasteiger partial charge in [-0.15, -0.1) is 0 Å². The minimum absolute atomic E-state index is 0.0771. The number of amides is 1. The molecule has 0 bridgehead atoms. The number of ether oxygens (including phenoxy) is 2. The Morgan fingerprint density at radius 1 is 1.04 bits per heavy atom. The van der Waals surface area contributed by atoms with E-state index >= 15 is 0 Å². The second-order valence-corrected chi connectivity index (χ2v) is 6.14. The van der Waals surface area contributed by atoms with Gasteiger partial charge in [-0.05, 0) is 48.4 Å². The Bertz CT molecular complexity index is 778. The van der Waals surface area contributed by atoms with Crippen LogP contribution >= 0.6 is 0 Å². The molecule has 0 heterocycles. The van der Waals surface area contributed by atoms with Gasteiger partial charge in [0, 0.05) is 26.3 Å². The molecular weight excluding hydrogens is 370 g/mol. The summed E-state index contributed by atoms with van der Waals surface area (Å²) < 4.78 is 33.4. The topological polar surface area (TPSA) is 67.9 Å². The first-order valence-electron chi connectivity index (χ1n) is 8.60. The maximum Gasteiger partial charge on any atom is 0.387 e. The summed E-state index contributed by atoms with van der Waals surface area (Å²) in [6, 6.07) is 13.0. The van der Waals surface area contributed by atoms with E-state index in [9.17, 15) is 18.4 Å². The van der Waals surface area contributed by atoms with E-state index in [-0.39, 0.29) is 12.4 Å². The highest BCUT2D eigenvalue weighted by atomic mass is 19.3. The van der Waals surface area contributed by atoms with Gasteiger partial charge in [-0.1, -0.05) is 12.1 Å². The molecule has 2 aromatic carbocycles. The van der Waals surface area contributed by atoms with Crippen LogP contribution in [0.2, 0.25) is 0 Å². The maximum absolute atomic E-state index is 12.1. The average molecular weight is 392 g/mol. The second kappa shape index (κ2) is 10.2. The molecule has 0 aliphatic rings. The highest BCUT2D eigenvalue weighted by Crippen LogP contribution is 2.15. The fourth-order valence-corrected chi connectivity index (χ4v) is 2.34. The van der Waals surface area contributed by atoms with Crippen molar-refractivity contribution in [1.82, 2.24) is 5.32 Å². The summed E-state index contributed by atoms with van der Waals surface area (Å²) in [4.78, 5) is 25.6. The summed E-state index contributed by atoms with van der Waals surface area (Å²) in [6.45, 7) is -2.92. The average Bonchev–Trinajstić information content (AvgIpc) is 2.67. The number of nitrogens with zero attached hydrogens (tertiary/aromatic N) is 1. The SMILES string of the molecule is CN(C)c1ccc(C(=O)OCC(=O)NCCc2ccc(OC(F)F)cc2)cc1. The Labute approximate surface area is 162 Å². The first-order chi connectivity index (χ1) is 13.3. The predicted octanol–water partition coefficient (Wildman–Crippen LogP) is 2.87. The number of rotatable bonds is 9. The second-order valence-electron chi connectivity index (χ2n) is 6.14. The van der Waals surface area contributed by atoms with Crippen molar-refractivity contribution < 1.29 is 27.8 Å². The van der Waals surface area contributed by atoms with Gasteiger partial charge in [-0.2, -0.15) is 8.78 Å². The van der Waals surface area contributed by atoms with Crippen LogP contribution < -0.4 is 15.0 Å². The lowest BCUT2D eigenvalue weighted by Gasteiger charge is -2.12. The largest absolute Gasteiger partial charge is 0.452 e. The van der Waals surface area contributed by atoms with Crippen molar-refractivity contribution in [3.63, 3.8) is 0 Å². The van der Waals surface area contributed by atoms with E-state index in [1.54, 1.807) is 36.4 Å². The summed E-state index contributed by atoms with van der Waals surface area (Å²) >= 11 is 0. The Morgan fingerprint density at radius 2 is 1.68 bits per heavy atom. The van der Waals surface area contributed by atoms with Gasteiger partial charge < -0.3 is 19.7 Å². The number of halogens is 2. The Balaban J connectivity index is 1.70. The Hall–Kier alpha value is -3.16. The van der Waals surface area contributed by atoms with E-state index in [1.807, 2.05) is 19.0 Å². The Kier molecular flexibility index (Phi) is 7.74. The van der Waals surface area contributed by atoms with Gasteiger partial charge in [0.15, 0.2) is 6.61 Å². The lowest BCUT2D eigenvalue weighted by molar-refractivity contribution is -0.124. The van der Waals surface area contributed by atoms with Gasteiger partial charge in [0.25, 0.3) is 5.91 Å². The molecule has 1 N–H and O–H groups in total. The van der Waals surface area contributed by atoms with Crippen molar-refractivity contribution in [2.24, 2.45) is 0 Å². The molecule has 0 aliphatic heterocycles. The normalized spacial score (nSPS) is 10.5. The number of carbonyl (C=O) groups is 2. The van der Waals surface area contributed by atoms with Crippen LogP contribution in [0.5, 0.6) is 5.75 Å². The Morgan fingerprint density at radius 3 is 2.25 bits per heavy atom. The number of hydrogen-bond donors (Lipinski definition) is 1. The number of esters is 1. The summed E-state index contributed by atoms with van der Waals surface area (Å²) in [5.74, 6) is -0.917. The first kappa shape index (κ1) is 21.1. The van der Waals surface area contributed by atoms with E-state index in [2.05, 4.69) is 10.1 Å². The van der Waals surface area contributed by atoms with Gasteiger partial charge in [0.2, 0.25) is 0 Å².